The van der Waals surface area contributed by atoms with Gasteiger partial charge in [-0.25, -0.2) is 8.42 Å². The quantitative estimate of drug-likeness (QED) is 0.710. The van der Waals surface area contributed by atoms with Crippen molar-refractivity contribution < 1.29 is 23.1 Å². The van der Waals surface area contributed by atoms with E-state index in [4.69, 9.17) is 11.5 Å². The second-order valence-corrected chi connectivity index (χ2v) is 5.94. The lowest BCUT2D eigenvalue weighted by Gasteiger charge is -2.05. The van der Waals surface area contributed by atoms with Crippen LogP contribution < -0.4 is 5.32 Å². The van der Waals surface area contributed by atoms with Crippen molar-refractivity contribution >= 4 is 21.7 Å². The zero-order chi connectivity index (χ0) is 15.2. The Morgan fingerprint density at radius 3 is 2.35 bits per heavy atom. The summed E-state index contributed by atoms with van der Waals surface area (Å²) in [6.07, 6.45) is 4.75. The van der Waals surface area contributed by atoms with Gasteiger partial charge in [0.25, 0.3) is 0 Å². The first-order valence-electron chi connectivity index (χ1n) is 5.59. The molecule has 0 bridgehead atoms. The number of carbonyl (C=O) groups is 2. The van der Waals surface area contributed by atoms with Crippen molar-refractivity contribution in [1.82, 2.24) is 5.32 Å². The molecular weight excluding hydrogens is 282 g/mol. The highest BCUT2D eigenvalue weighted by Gasteiger charge is 2.19. The van der Waals surface area contributed by atoms with Gasteiger partial charge in [0.15, 0.2) is 9.84 Å². The van der Waals surface area contributed by atoms with Gasteiger partial charge in [0.2, 0.25) is 5.91 Å². The van der Waals surface area contributed by atoms with Crippen LogP contribution in [0.25, 0.3) is 0 Å². The molecule has 0 aliphatic heterocycles. The van der Waals surface area contributed by atoms with Crippen molar-refractivity contribution in [2.45, 2.75) is 11.3 Å². The molecule has 1 amide bonds. The lowest BCUT2D eigenvalue weighted by molar-refractivity contribution is -0.136. The van der Waals surface area contributed by atoms with Crippen LogP contribution in [0.5, 0.6) is 0 Å². The largest absolute Gasteiger partial charge is 0.481 e. The average Bonchev–Trinajstić information content (AvgIpc) is 2.35. The summed E-state index contributed by atoms with van der Waals surface area (Å²) in [7, 11) is -3.76. The Morgan fingerprint density at radius 2 is 1.85 bits per heavy atom. The summed E-state index contributed by atoms with van der Waals surface area (Å²) in [6, 6.07) is 5.37. The van der Waals surface area contributed by atoms with Crippen molar-refractivity contribution in [3.8, 4) is 12.3 Å². The summed E-state index contributed by atoms with van der Waals surface area (Å²) in [5.74, 6) is -0.222. The van der Waals surface area contributed by atoms with Crippen LogP contribution in [-0.2, 0) is 25.8 Å². The fraction of sp³-hybridized carbons (Fsp3) is 0.231. The van der Waals surface area contributed by atoms with Gasteiger partial charge in [-0.05, 0) is 17.7 Å². The molecule has 2 N–H and O–H groups in total. The van der Waals surface area contributed by atoms with E-state index >= 15 is 0 Å². The third kappa shape index (κ3) is 4.74. The van der Waals surface area contributed by atoms with E-state index in [9.17, 15) is 18.0 Å². The molecule has 106 valence electrons. The number of hydrogen-bond acceptors (Lipinski definition) is 4. The van der Waals surface area contributed by atoms with Crippen LogP contribution in [0.3, 0.4) is 0 Å². The van der Waals surface area contributed by atoms with E-state index in [1.165, 1.54) is 24.3 Å². The SMILES string of the molecule is C#CCNC(=O)CS(=O)(=O)c1ccc(CC(=O)O)cc1. The highest BCUT2D eigenvalue weighted by Crippen LogP contribution is 2.13. The third-order valence-corrected chi connectivity index (χ3v) is 3.98. The summed E-state index contributed by atoms with van der Waals surface area (Å²) in [5, 5.41) is 10.9. The molecule has 1 aromatic carbocycles. The average molecular weight is 295 g/mol. The molecule has 0 radical (unpaired) electrons. The maximum Gasteiger partial charge on any atom is 0.307 e. The van der Waals surface area contributed by atoms with E-state index < -0.39 is 27.5 Å². The molecule has 0 atom stereocenters. The first kappa shape index (κ1) is 15.7. The molecule has 7 heteroatoms. The first-order chi connectivity index (χ1) is 9.35. The van der Waals surface area contributed by atoms with E-state index in [1.54, 1.807) is 0 Å². The lowest BCUT2D eigenvalue weighted by Crippen LogP contribution is -2.30. The Balaban J connectivity index is 2.80. The van der Waals surface area contributed by atoms with Gasteiger partial charge in [0, 0.05) is 0 Å². The molecule has 0 fully saturated rings. The predicted molar refractivity (Wildman–Crippen MR) is 71.7 cm³/mol. The molecule has 1 aromatic rings. The number of amides is 1. The van der Waals surface area contributed by atoms with Gasteiger partial charge in [-0.15, -0.1) is 6.42 Å². The zero-order valence-corrected chi connectivity index (χ0v) is 11.3. The van der Waals surface area contributed by atoms with Crippen LogP contribution in [0.4, 0.5) is 0 Å². The summed E-state index contributed by atoms with van der Waals surface area (Å²) in [4.78, 5) is 21.8. The molecule has 0 saturated carbocycles. The molecule has 0 saturated heterocycles. The molecule has 0 aliphatic carbocycles. The smallest absolute Gasteiger partial charge is 0.307 e. The minimum atomic E-state index is -3.76. The normalized spacial score (nSPS) is 10.6. The fourth-order valence-electron chi connectivity index (χ4n) is 1.45. The van der Waals surface area contributed by atoms with E-state index in [2.05, 4.69) is 11.2 Å². The number of carboxylic acids is 1. The minimum absolute atomic E-state index is 0.0358. The van der Waals surface area contributed by atoms with Crippen LogP contribution in [0.2, 0.25) is 0 Å². The summed E-state index contributed by atoms with van der Waals surface area (Å²) >= 11 is 0. The zero-order valence-electron chi connectivity index (χ0n) is 10.5. The number of benzene rings is 1. The lowest BCUT2D eigenvalue weighted by atomic mass is 10.2. The first-order valence-corrected chi connectivity index (χ1v) is 7.24. The Morgan fingerprint density at radius 1 is 1.25 bits per heavy atom. The number of sulfone groups is 1. The molecule has 1 rings (SSSR count). The number of carboxylic acid groups (broad SMARTS) is 1. The second-order valence-electron chi connectivity index (χ2n) is 3.95. The second kappa shape index (κ2) is 6.73. The summed E-state index contributed by atoms with van der Waals surface area (Å²) < 4.78 is 23.8. The van der Waals surface area contributed by atoms with Gasteiger partial charge in [0.05, 0.1) is 17.9 Å². The van der Waals surface area contributed by atoms with Crippen LogP contribution in [-0.4, -0.2) is 37.7 Å². The van der Waals surface area contributed by atoms with Gasteiger partial charge in [-0.3, -0.25) is 9.59 Å². The van der Waals surface area contributed by atoms with Crippen molar-refractivity contribution in [3.05, 3.63) is 29.8 Å². The van der Waals surface area contributed by atoms with Gasteiger partial charge >= 0.3 is 5.97 Å². The highest BCUT2D eigenvalue weighted by molar-refractivity contribution is 7.92. The summed E-state index contributed by atoms with van der Waals surface area (Å²) in [5.41, 5.74) is 0.480. The topological polar surface area (TPSA) is 101 Å². The fourth-order valence-corrected chi connectivity index (χ4v) is 2.61. The van der Waals surface area contributed by atoms with E-state index in [0.29, 0.717) is 5.56 Å². The van der Waals surface area contributed by atoms with Crippen molar-refractivity contribution in [3.63, 3.8) is 0 Å². The number of carbonyl (C=O) groups excluding carboxylic acids is 1. The number of nitrogens with one attached hydrogen (secondary N) is 1. The Kier molecular flexibility index (Phi) is 5.29. The van der Waals surface area contributed by atoms with Crippen molar-refractivity contribution in [1.29, 1.82) is 0 Å². The molecule has 0 spiro atoms. The maximum absolute atomic E-state index is 11.9. The maximum atomic E-state index is 11.9. The monoisotopic (exact) mass is 295 g/mol. The molecule has 0 aliphatic rings. The third-order valence-electron chi connectivity index (χ3n) is 2.35. The summed E-state index contributed by atoms with van der Waals surface area (Å²) in [6.45, 7) is -0.0358. The molecule has 0 unspecified atom stereocenters. The van der Waals surface area contributed by atoms with Crippen LogP contribution in [0.15, 0.2) is 29.2 Å². The predicted octanol–water partition coefficient (Wildman–Crippen LogP) is -0.163. The van der Waals surface area contributed by atoms with Crippen LogP contribution in [0.1, 0.15) is 5.56 Å². The van der Waals surface area contributed by atoms with E-state index in [-0.39, 0.29) is 17.9 Å². The standard InChI is InChI=1S/C13H13NO5S/c1-2-7-14-12(15)9-20(18,19)11-5-3-10(4-6-11)8-13(16)17/h1,3-6H,7-9H2,(H,14,15)(H,16,17). The van der Waals surface area contributed by atoms with Crippen molar-refractivity contribution in [2.75, 3.05) is 12.3 Å². The van der Waals surface area contributed by atoms with E-state index in [0.717, 1.165) is 0 Å². The molecule has 0 aromatic heterocycles. The number of hydrogen-bond donors (Lipinski definition) is 2. The van der Waals surface area contributed by atoms with Crippen LogP contribution >= 0.6 is 0 Å². The van der Waals surface area contributed by atoms with E-state index in [1.807, 2.05) is 0 Å². The Bertz CT molecular complexity index is 640. The van der Waals surface area contributed by atoms with Gasteiger partial charge in [-0.2, -0.15) is 0 Å². The van der Waals surface area contributed by atoms with Gasteiger partial charge in [-0.1, -0.05) is 18.1 Å². The minimum Gasteiger partial charge on any atom is -0.481 e. The Labute approximate surface area is 116 Å². The number of aliphatic carboxylic acids is 1. The number of terminal acetylenes is 1. The number of rotatable bonds is 6. The molecule has 0 heterocycles. The molecule has 6 nitrogen and oxygen atoms in total. The van der Waals surface area contributed by atoms with Crippen molar-refractivity contribution in [2.24, 2.45) is 0 Å². The molecular formula is C13H13NO5S. The van der Waals surface area contributed by atoms with Gasteiger partial charge < -0.3 is 10.4 Å². The van der Waals surface area contributed by atoms with Gasteiger partial charge in [0.1, 0.15) is 5.75 Å². The van der Waals surface area contributed by atoms with Crippen LogP contribution in [0, 0.1) is 12.3 Å². The highest BCUT2D eigenvalue weighted by atomic mass is 32.2. The Hall–Kier alpha value is -2.33. The molecule has 20 heavy (non-hydrogen) atoms.